The summed E-state index contributed by atoms with van der Waals surface area (Å²) in [5.74, 6) is -3.71. The van der Waals surface area contributed by atoms with Gasteiger partial charge < -0.3 is 14.8 Å². The van der Waals surface area contributed by atoms with Crippen molar-refractivity contribution < 1.29 is 27.9 Å². The number of aryl methyl sites for hydroxylation is 1. The molecule has 1 amide bonds. The summed E-state index contributed by atoms with van der Waals surface area (Å²) < 4.78 is 32.4. The van der Waals surface area contributed by atoms with Crippen molar-refractivity contribution in [1.82, 2.24) is 0 Å². The Labute approximate surface area is 146 Å². The highest BCUT2D eigenvalue weighted by Gasteiger charge is 2.18. The van der Waals surface area contributed by atoms with E-state index in [1.807, 2.05) is 0 Å². The predicted molar refractivity (Wildman–Crippen MR) is 90.2 cm³/mol. The Balaban J connectivity index is 1.82. The van der Waals surface area contributed by atoms with Crippen LogP contribution in [-0.4, -0.2) is 17.0 Å². The van der Waals surface area contributed by atoms with Crippen LogP contribution in [0.15, 0.2) is 52.9 Å². The van der Waals surface area contributed by atoms with Crippen molar-refractivity contribution in [1.29, 1.82) is 0 Å². The number of halogens is 2. The minimum absolute atomic E-state index is 0.176. The molecule has 2 N–H and O–H groups in total. The lowest BCUT2D eigenvalue weighted by molar-refractivity contribution is 0.0660. The number of carboxylic acid groups (broad SMARTS) is 1. The summed E-state index contributed by atoms with van der Waals surface area (Å²) in [6.07, 6.45) is 0. The fraction of sp³-hybridized carbons (Fsp3) is 0.0526. The largest absolute Gasteiger partial charge is 0.475 e. The average Bonchev–Trinajstić information content (AvgIpc) is 2.97. The van der Waals surface area contributed by atoms with Crippen LogP contribution in [0, 0.1) is 18.6 Å². The minimum atomic E-state index is -1.17. The first-order chi connectivity index (χ1) is 12.4. The van der Waals surface area contributed by atoms with Crippen LogP contribution >= 0.6 is 0 Å². The second-order valence-electron chi connectivity index (χ2n) is 5.51. The molecule has 3 aromatic rings. The van der Waals surface area contributed by atoms with Gasteiger partial charge in [0.05, 0.1) is 0 Å². The normalized spacial score (nSPS) is 10.6. The van der Waals surface area contributed by atoms with Gasteiger partial charge in [0.15, 0.2) is 0 Å². The van der Waals surface area contributed by atoms with E-state index >= 15 is 0 Å². The van der Waals surface area contributed by atoms with Crippen LogP contribution in [0.5, 0.6) is 0 Å². The van der Waals surface area contributed by atoms with Crippen molar-refractivity contribution in [3.8, 4) is 11.1 Å². The molecule has 1 aromatic heterocycles. The molecule has 3 rings (SSSR count). The van der Waals surface area contributed by atoms with Crippen molar-refractivity contribution in [3.05, 3.63) is 77.2 Å². The predicted octanol–water partition coefficient (Wildman–Crippen LogP) is 4.48. The second-order valence-corrected chi connectivity index (χ2v) is 5.51. The quantitative estimate of drug-likeness (QED) is 0.721. The third kappa shape index (κ3) is 3.32. The number of nitrogens with one attached hydrogen (secondary N) is 1. The van der Waals surface area contributed by atoms with Gasteiger partial charge in [0, 0.05) is 11.3 Å². The minimum Gasteiger partial charge on any atom is -0.475 e. The molecule has 0 bridgehead atoms. The molecule has 1 heterocycles. The summed E-state index contributed by atoms with van der Waals surface area (Å²) in [5, 5.41) is 11.4. The zero-order valence-corrected chi connectivity index (χ0v) is 13.5. The Kier molecular flexibility index (Phi) is 4.53. The van der Waals surface area contributed by atoms with Crippen molar-refractivity contribution in [2.24, 2.45) is 0 Å². The molecule has 26 heavy (non-hydrogen) atoms. The van der Waals surface area contributed by atoms with E-state index in [1.165, 1.54) is 12.1 Å². The summed E-state index contributed by atoms with van der Waals surface area (Å²) in [5.41, 5.74) is 0.948. The Morgan fingerprint density at radius 2 is 1.65 bits per heavy atom. The zero-order valence-electron chi connectivity index (χ0n) is 13.5. The fourth-order valence-electron chi connectivity index (χ4n) is 2.52. The number of amides is 1. The van der Waals surface area contributed by atoms with Crippen LogP contribution in [0.1, 0.15) is 26.7 Å². The average molecular weight is 357 g/mol. The Morgan fingerprint density at radius 3 is 2.19 bits per heavy atom. The number of carbonyl (C=O) groups excluding carboxylic acids is 1. The van der Waals surface area contributed by atoms with E-state index in [1.54, 1.807) is 31.2 Å². The molecule has 2 aromatic carbocycles. The van der Waals surface area contributed by atoms with Gasteiger partial charge in [-0.1, -0.05) is 18.2 Å². The third-order valence-corrected chi connectivity index (χ3v) is 3.77. The van der Waals surface area contributed by atoms with Gasteiger partial charge in [0.1, 0.15) is 23.0 Å². The number of carbonyl (C=O) groups is 2. The molecule has 0 unspecified atom stereocenters. The summed E-state index contributed by atoms with van der Waals surface area (Å²) in [6.45, 7) is 1.64. The Bertz CT molecular complexity index is 973. The Hall–Kier alpha value is -3.48. The smallest absolute Gasteiger partial charge is 0.371 e. The maximum atomic E-state index is 13.6. The molecule has 132 valence electrons. The number of furan rings is 1. The molecule has 0 saturated carbocycles. The number of hydrogen-bond donors (Lipinski definition) is 2. The molecule has 0 radical (unpaired) electrons. The fourth-order valence-corrected chi connectivity index (χ4v) is 2.52. The van der Waals surface area contributed by atoms with E-state index in [0.29, 0.717) is 22.6 Å². The highest BCUT2D eigenvalue weighted by Crippen LogP contribution is 2.28. The molecule has 0 atom stereocenters. The number of benzene rings is 2. The van der Waals surface area contributed by atoms with Crippen LogP contribution < -0.4 is 5.32 Å². The summed E-state index contributed by atoms with van der Waals surface area (Å²) in [7, 11) is 0. The summed E-state index contributed by atoms with van der Waals surface area (Å²) in [6, 6.07) is 10.9. The lowest BCUT2D eigenvalue weighted by Gasteiger charge is -2.08. The van der Waals surface area contributed by atoms with E-state index in [9.17, 15) is 18.4 Å². The van der Waals surface area contributed by atoms with Gasteiger partial charge in [-0.3, -0.25) is 4.79 Å². The van der Waals surface area contributed by atoms with E-state index < -0.39 is 29.1 Å². The highest BCUT2D eigenvalue weighted by atomic mass is 19.1. The van der Waals surface area contributed by atoms with Crippen LogP contribution in [0.3, 0.4) is 0 Å². The van der Waals surface area contributed by atoms with Crippen LogP contribution in [0.2, 0.25) is 0 Å². The van der Waals surface area contributed by atoms with E-state index in [4.69, 9.17) is 9.52 Å². The van der Waals surface area contributed by atoms with Gasteiger partial charge in [-0.15, -0.1) is 0 Å². The number of carboxylic acids is 1. The molecule has 7 heteroatoms. The van der Waals surface area contributed by atoms with Crippen molar-refractivity contribution in [3.63, 3.8) is 0 Å². The van der Waals surface area contributed by atoms with Gasteiger partial charge in [-0.2, -0.15) is 0 Å². The van der Waals surface area contributed by atoms with Gasteiger partial charge in [0.25, 0.3) is 5.91 Å². The van der Waals surface area contributed by atoms with Crippen LogP contribution in [0.25, 0.3) is 11.1 Å². The lowest BCUT2D eigenvalue weighted by Crippen LogP contribution is -2.15. The number of hydrogen-bond acceptors (Lipinski definition) is 3. The molecule has 5 nitrogen and oxygen atoms in total. The van der Waals surface area contributed by atoms with Gasteiger partial charge in [0.2, 0.25) is 5.76 Å². The van der Waals surface area contributed by atoms with Gasteiger partial charge >= 0.3 is 5.97 Å². The van der Waals surface area contributed by atoms with Crippen molar-refractivity contribution in [2.75, 3.05) is 5.32 Å². The van der Waals surface area contributed by atoms with Crippen LogP contribution in [-0.2, 0) is 0 Å². The highest BCUT2D eigenvalue weighted by molar-refractivity contribution is 6.04. The zero-order chi connectivity index (χ0) is 18.8. The van der Waals surface area contributed by atoms with Gasteiger partial charge in [-0.05, 0) is 42.8 Å². The first-order valence-electron chi connectivity index (χ1n) is 7.56. The Morgan fingerprint density at radius 1 is 1.04 bits per heavy atom. The molecule has 0 aliphatic rings. The molecule has 0 saturated heterocycles. The first kappa shape index (κ1) is 17.3. The van der Waals surface area contributed by atoms with E-state index in [2.05, 4.69) is 5.32 Å². The summed E-state index contributed by atoms with van der Waals surface area (Å²) >= 11 is 0. The van der Waals surface area contributed by atoms with Crippen molar-refractivity contribution in [2.45, 2.75) is 6.92 Å². The molecule has 0 spiro atoms. The SMILES string of the molecule is Cc1oc(C(=O)O)cc1-c1ccc(NC(=O)c2c(F)cccc2F)cc1. The molecule has 0 aliphatic carbocycles. The third-order valence-electron chi connectivity index (χ3n) is 3.77. The van der Waals surface area contributed by atoms with E-state index in [0.717, 1.165) is 12.1 Å². The monoisotopic (exact) mass is 357 g/mol. The van der Waals surface area contributed by atoms with E-state index in [-0.39, 0.29) is 5.76 Å². The van der Waals surface area contributed by atoms with Gasteiger partial charge in [-0.25, -0.2) is 13.6 Å². The maximum absolute atomic E-state index is 13.6. The first-order valence-corrected chi connectivity index (χ1v) is 7.56. The number of anilines is 1. The second kappa shape index (κ2) is 6.79. The summed E-state index contributed by atoms with van der Waals surface area (Å²) in [4.78, 5) is 23.0. The molecular formula is C19H13F2NO4. The number of aromatic carboxylic acids is 1. The van der Waals surface area contributed by atoms with Crippen molar-refractivity contribution >= 4 is 17.6 Å². The topological polar surface area (TPSA) is 79.5 Å². The maximum Gasteiger partial charge on any atom is 0.371 e. The van der Waals surface area contributed by atoms with Crippen LogP contribution in [0.4, 0.5) is 14.5 Å². The molecule has 0 aliphatic heterocycles. The molecular weight excluding hydrogens is 344 g/mol. The number of rotatable bonds is 4. The lowest BCUT2D eigenvalue weighted by atomic mass is 10.1. The standard InChI is InChI=1S/C19H13F2NO4/c1-10-13(9-16(26-10)19(24)25)11-5-7-12(8-6-11)22-18(23)17-14(20)3-2-4-15(17)21/h2-9H,1H3,(H,22,23)(H,24,25). The molecule has 0 fully saturated rings.